The third-order valence-corrected chi connectivity index (χ3v) is 2.90. The van der Waals surface area contributed by atoms with E-state index in [-0.39, 0.29) is 0 Å². The first-order valence-corrected chi connectivity index (χ1v) is 6.42. The van der Waals surface area contributed by atoms with Crippen molar-refractivity contribution in [2.24, 2.45) is 0 Å². The van der Waals surface area contributed by atoms with Crippen molar-refractivity contribution < 1.29 is 19.8 Å². The highest BCUT2D eigenvalue weighted by atomic mass is 16.4. The molecule has 2 amide bonds. The summed E-state index contributed by atoms with van der Waals surface area (Å²) in [5.41, 5.74) is 1.68. The summed E-state index contributed by atoms with van der Waals surface area (Å²) in [6, 6.07) is 5.46. The van der Waals surface area contributed by atoms with Crippen molar-refractivity contribution >= 4 is 17.7 Å². The number of amides is 2. The zero-order valence-electron chi connectivity index (χ0n) is 11.8. The van der Waals surface area contributed by atoms with Crippen molar-refractivity contribution in [3.05, 3.63) is 29.8 Å². The van der Waals surface area contributed by atoms with E-state index in [4.69, 9.17) is 5.11 Å². The van der Waals surface area contributed by atoms with Crippen LogP contribution in [0, 0.1) is 6.92 Å². The molecule has 2 unspecified atom stereocenters. The van der Waals surface area contributed by atoms with E-state index in [1.807, 2.05) is 25.1 Å². The van der Waals surface area contributed by atoms with E-state index in [0.717, 1.165) is 5.56 Å². The Balaban J connectivity index is 2.90. The summed E-state index contributed by atoms with van der Waals surface area (Å²) in [6.45, 7) is 5.41. The van der Waals surface area contributed by atoms with Gasteiger partial charge in [-0.2, -0.15) is 0 Å². The summed E-state index contributed by atoms with van der Waals surface area (Å²) >= 11 is 0. The van der Waals surface area contributed by atoms with Crippen LogP contribution in [0.3, 0.4) is 0 Å². The Morgan fingerprint density at radius 1 is 1.40 bits per heavy atom. The van der Waals surface area contributed by atoms with Crippen molar-refractivity contribution in [3.8, 4) is 0 Å². The van der Waals surface area contributed by atoms with Crippen molar-refractivity contribution in [2.45, 2.75) is 32.9 Å². The van der Waals surface area contributed by atoms with Gasteiger partial charge in [0.05, 0.1) is 6.10 Å². The number of benzene rings is 1. The first kappa shape index (κ1) is 16.0. The van der Waals surface area contributed by atoms with Crippen LogP contribution in [0.4, 0.5) is 10.5 Å². The molecule has 0 aliphatic carbocycles. The number of hydrogen-bond donors (Lipinski definition) is 3. The Hall–Kier alpha value is -2.08. The van der Waals surface area contributed by atoms with Gasteiger partial charge in [-0.3, -0.25) is 4.90 Å². The van der Waals surface area contributed by atoms with Gasteiger partial charge in [-0.15, -0.1) is 0 Å². The maximum absolute atomic E-state index is 12.1. The molecule has 1 aromatic carbocycles. The van der Waals surface area contributed by atoms with Crippen LogP contribution in [0.25, 0.3) is 0 Å². The number of urea groups is 1. The van der Waals surface area contributed by atoms with E-state index in [0.29, 0.717) is 12.2 Å². The Bertz CT molecular complexity index is 488. The van der Waals surface area contributed by atoms with Crippen LogP contribution in [0.1, 0.15) is 19.4 Å². The predicted octanol–water partition coefficient (Wildman–Crippen LogP) is 1.36. The lowest BCUT2D eigenvalue weighted by Gasteiger charge is -2.25. The summed E-state index contributed by atoms with van der Waals surface area (Å²) in [5, 5.41) is 20.7. The normalized spacial score (nSPS) is 13.4. The lowest BCUT2D eigenvalue weighted by atomic mass is 10.2. The lowest BCUT2D eigenvalue weighted by Crippen LogP contribution is -2.52. The molecular weight excluding hydrogens is 260 g/mol. The standard InChI is InChI=1S/C14H20N2O4/c1-4-16(11-7-5-6-9(2)8-11)14(20)15-12(10(3)17)13(18)19/h5-8,10,12,17H,4H2,1-3H3,(H,15,20)(H,18,19). The fourth-order valence-corrected chi connectivity index (χ4v) is 1.84. The van der Waals surface area contributed by atoms with Crippen LogP contribution in [0.15, 0.2) is 24.3 Å². The third kappa shape index (κ3) is 3.96. The average molecular weight is 280 g/mol. The number of rotatable bonds is 5. The molecule has 0 aliphatic rings. The quantitative estimate of drug-likeness (QED) is 0.759. The second-order valence-corrected chi connectivity index (χ2v) is 4.59. The number of carboxylic acid groups (broad SMARTS) is 1. The van der Waals surface area contributed by atoms with Crippen LogP contribution >= 0.6 is 0 Å². The Morgan fingerprint density at radius 2 is 2.05 bits per heavy atom. The number of carbonyl (C=O) groups excluding carboxylic acids is 1. The molecule has 0 fully saturated rings. The van der Waals surface area contributed by atoms with Gasteiger partial charge in [0.25, 0.3) is 0 Å². The van der Waals surface area contributed by atoms with E-state index < -0.39 is 24.1 Å². The number of carbonyl (C=O) groups is 2. The van der Waals surface area contributed by atoms with Crippen molar-refractivity contribution in [2.75, 3.05) is 11.4 Å². The number of carboxylic acids is 1. The third-order valence-electron chi connectivity index (χ3n) is 2.90. The molecule has 3 N–H and O–H groups in total. The number of anilines is 1. The van der Waals surface area contributed by atoms with Crippen LogP contribution in [0.5, 0.6) is 0 Å². The fraction of sp³-hybridized carbons (Fsp3) is 0.429. The summed E-state index contributed by atoms with van der Waals surface area (Å²) in [6.07, 6.45) is -1.17. The van der Waals surface area contributed by atoms with Gasteiger partial charge in [-0.05, 0) is 38.5 Å². The van der Waals surface area contributed by atoms with Gasteiger partial charge >= 0.3 is 12.0 Å². The zero-order valence-corrected chi connectivity index (χ0v) is 11.8. The maximum Gasteiger partial charge on any atom is 0.328 e. The molecule has 0 heterocycles. The molecule has 0 saturated heterocycles. The second kappa shape index (κ2) is 6.91. The summed E-state index contributed by atoms with van der Waals surface area (Å²) < 4.78 is 0. The summed E-state index contributed by atoms with van der Waals surface area (Å²) in [5.74, 6) is -1.27. The molecule has 2 atom stereocenters. The van der Waals surface area contributed by atoms with E-state index in [1.54, 1.807) is 13.0 Å². The molecule has 110 valence electrons. The smallest absolute Gasteiger partial charge is 0.328 e. The molecule has 0 spiro atoms. The lowest BCUT2D eigenvalue weighted by molar-refractivity contribution is -0.141. The van der Waals surface area contributed by atoms with Crippen LogP contribution in [0.2, 0.25) is 0 Å². The molecule has 6 nitrogen and oxygen atoms in total. The summed E-state index contributed by atoms with van der Waals surface area (Å²) in [4.78, 5) is 24.6. The molecule has 0 aliphatic heterocycles. The minimum atomic E-state index is -1.33. The SMILES string of the molecule is CCN(C(=O)NC(C(=O)O)C(C)O)c1cccc(C)c1. The highest BCUT2D eigenvalue weighted by Gasteiger charge is 2.27. The molecule has 0 bridgehead atoms. The van der Waals surface area contributed by atoms with E-state index in [2.05, 4.69) is 5.32 Å². The number of nitrogens with zero attached hydrogens (tertiary/aromatic N) is 1. The van der Waals surface area contributed by atoms with Crippen LogP contribution in [-0.4, -0.2) is 40.9 Å². The van der Waals surface area contributed by atoms with Gasteiger partial charge in [0.1, 0.15) is 0 Å². The van der Waals surface area contributed by atoms with Gasteiger partial charge in [-0.1, -0.05) is 12.1 Å². The van der Waals surface area contributed by atoms with E-state index in [9.17, 15) is 14.7 Å². The molecular formula is C14H20N2O4. The first-order valence-electron chi connectivity index (χ1n) is 6.42. The number of aryl methyl sites for hydroxylation is 1. The fourth-order valence-electron chi connectivity index (χ4n) is 1.84. The highest BCUT2D eigenvalue weighted by molar-refractivity contribution is 5.94. The molecule has 1 rings (SSSR count). The second-order valence-electron chi connectivity index (χ2n) is 4.59. The molecule has 0 aromatic heterocycles. The van der Waals surface area contributed by atoms with Gasteiger partial charge in [0, 0.05) is 12.2 Å². The monoisotopic (exact) mass is 280 g/mol. The molecule has 0 radical (unpaired) electrons. The maximum atomic E-state index is 12.1. The van der Waals surface area contributed by atoms with Crippen LogP contribution in [-0.2, 0) is 4.79 Å². The minimum absolute atomic E-state index is 0.390. The molecule has 1 aromatic rings. The van der Waals surface area contributed by atoms with Gasteiger partial charge < -0.3 is 15.5 Å². The van der Waals surface area contributed by atoms with Crippen molar-refractivity contribution in [1.82, 2.24) is 5.32 Å². The van der Waals surface area contributed by atoms with Gasteiger partial charge in [0.2, 0.25) is 0 Å². The number of aliphatic hydroxyl groups excluding tert-OH is 1. The van der Waals surface area contributed by atoms with Crippen molar-refractivity contribution in [3.63, 3.8) is 0 Å². The average Bonchev–Trinajstić information content (AvgIpc) is 2.36. The Kier molecular flexibility index (Phi) is 5.52. The summed E-state index contributed by atoms with van der Waals surface area (Å²) in [7, 11) is 0. The van der Waals surface area contributed by atoms with Gasteiger partial charge in [-0.25, -0.2) is 9.59 Å². The molecule has 0 saturated carbocycles. The van der Waals surface area contributed by atoms with E-state index in [1.165, 1.54) is 11.8 Å². The number of aliphatic carboxylic acids is 1. The van der Waals surface area contributed by atoms with Crippen LogP contribution < -0.4 is 10.2 Å². The first-order chi connectivity index (χ1) is 9.36. The zero-order chi connectivity index (χ0) is 15.3. The highest BCUT2D eigenvalue weighted by Crippen LogP contribution is 2.16. The Morgan fingerprint density at radius 3 is 2.50 bits per heavy atom. The Labute approximate surface area is 118 Å². The molecule has 20 heavy (non-hydrogen) atoms. The topological polar surface area (TPSA) is 89.9 Å². The molecule has 6 heteroatoms. The predicted molar refractivity (Wildman–Crippen MR) is 75.8 cm³/mol. The van der Waals surface area contributed by atoms with Gasteiger partial charge in [0.15, 0.2) is 6.04 Å². The number of aliphatic hydroxyl groups is 1. The van der Waals surface area contributed by atoms with E-state index >= 15 is 0 Å². The largest absolute Gasteiger partial charge is 0.480 e. The number of nitrogens with one attached hydrogen (secondary N) is 1. The number of hydrogen-bond acceptors (Lipinski definition) is 3. The van der Waals surface area contributed by atoms with Crippen molar-refractivity contribution in [1.29, 1.82) is 0 Å². The minimum Gasteiger partial charge on any atom is -0.480 e.